The van der Waals surface area contributed by atoms with Gasteiger partial charge >= 0.3 is 0 Å². The fraction of sp³-hybridized carbons (Fsp3) is 0.405. The second-order valence-electron chi connectivity index (χ2n) is 13.2. The Morgan fingerprint density at radius 3 is 2.14 bits per heavy atom. The fourth-order valence-electron chi connectivity index (χ4n) is 6.96. The topological polar surface area (TPSA) is 126 Å². The number of anilines is 2. The average molecular weight is 692 g/mol. The van der Waals surface area contributed by atoms with E-state index in [4.69, 9.17) is 19.7 Å². The molecule has 0 spiro atoms. The van der Waals surface area contributed by atoms with Crippen molar-refractivity contribution in [2.45, 2.75) is 44.1 Å². The lowest BCUT2D eigenvalue weighted by molar-refractivity contribution is 0.0170. The van der Waals surface area contributed by atoms with Crippen molar-refractivity contribution < 1.29 is 14.6 Å². The van der Waals surface area contributed by atoms with E-state index >= 15 is 0 Å². The molecular formula is C37H41N9O3S. The van der Waals surface area contributed by atoms with E-state index in [2.05, 4.69) is 56.5 Å². The zero-order valence-corrected chi connectivity index (χ0v) is 28.8. The molecule has 0 radical (unpaired) electrons. The van der Waals surface area contributed by atoms with E-state index in [-0.39, 0.29) is 5.91 Å². The summed E-state index contributed by atoms with van der Waals surface area (Å²) in [5.41, 5.74) is 2.64. The van der Waals surface area contributed by atoms with Crippen molar-refractivity contribution in [1.29, 1.82) is 0 Å². The Bertz CT molecular complexity index is 1880. The van der Waals surface area contributed by atoms with Crippen LogP contribution in [0.15, 0.2) is 72.9 Å². The number of hydrogen-bond acceptors (Lipinski definition) is 11. The third kappa shape index (κ3) is 6.85. The summed E-state index contributed by atoms with van der Waals surface area (Å²) < 4.78 is 7.10. The first-order chi connectivity index (χ1) is 24.5. The van der Waals surface area contributed by atoms with E-state index in [1.807, 2.05) is 35.2 Å². The highest BCUT2D eigenvalue weighted by atomic mass is 32.1. The first-order valence-electron chi connectivity index (χ1n) is 17.6. The van der Waals surface area contributed by atoms with Gasteiger partial charge in [-0.3, -0.25) is 4.79 Å². The molecule has 3 aromatic heterocycles. The minimum absolute atomic E-state index is 0.0128. The Balaban J connectivity index is 0.964. The molecule has 50 heavy (non-hydrogen) atoms. The van der Waals surface area contributed by atoms with Crippen LogP contribution in [0.2, 0.25) is 0 Å². The van der Waals surface area contributed by atoms with Crippen LogP contribution >= 0.6 is 11.3 Å². The van der Waals surface area contributed by atoms with Gasteiger partial charge < -0.3 is 24.5 Å². The third-order valence-corrected chi connectivity index (χ3v) is 11.0. The molecule has 3 fully saturated rings. The van der Waals surface area contributed by atoms with Gasteiger partial charge in [0.1, 0.15) is 11.3 Å². The molecule has 3 saturated heterocycles. The van der Waals surface area contributed by atoms with E-state index < -0.39 is 5.60 Å². The Labute approximate surface area is 295 Å². The van der Waals surface area contributed by atoms with Crippen LogP contribution in [0.1, 0.15) is 53.9 Å². The van der Waals surface area contributed by atoms with Crippen molar-refractivity contribution in [3.8, 4) is 27.5 Å². The number of benzene rings is 2. The molecule has 8 rings (SSSR count). The molecular weight excluding hydrogens is 651 g/mol. The molecule has 3 aliphatic heterocycles. The molecule has 1 N–H and O–H groups in total. The van der Waals surface area contributed by atoms with Gasteiger partial charge in [0.15, 0.2) is 0 Å². The summed E-state index contributed by atoms with van der Waals surface area (Å²) in [5, 5.41) is 20.7. The molecule has 0 saturated carbocycles. The maximum atomic E-state index is 13.7. The van der Waals surface area contributed by atoms with Crippen LogP contribution in [0, 0.1) is 0 Å². The number of rotatable bonds is 7. The van der Waals surface area contributed by atoms with Crippen LogP contribution in [-0.2, 0) is 10.3 Å². The smallest absolute Gasteiger partial charge is 0.263 e. The van der Waals surface area contributed by atoms with Crippen molar-refractivity contribution in [1.82, 2.24) is 34.8 Å². The Morgan fingerprint density at radius 2 is 1.38 bits per heavy atom. The molecule has 0 bridgehead atoms. The molecule has 13 heteroatoms. The lowest BCUT2D eigenvalue weighted by atomic mass is 9.92. The predicted molar refractivity (Wildman–Crippen MR) is 193 cm³/mol. The fourth-order valence-corrected chi connectivity index (χ4v) is 7.94. The summed E-state index contributed by atoms with van der Waals surface area (Å²) >= 11 is 1.50. The van der Waals surface area contributed by atoms with Gasteiger partial charge in [-0.2, -0.15) is 19.6 Å². The number of nitrogens with zero attached hydrogens (tertiary/aromatic N) is 9. The predicted octanol–water partition coefficient (Wildman–Crippen LogP) is 5.19. The molecule has 5 aromatic rings. The van der Waals surface area contributed by atoms with Crippen molar-refractivity contribution >= 4 is 29.1 Å². The highest BCUT2D eigenvalue weighted by Gasteiger charge is 2.36. The first kappa shape index (κ1) is 32.5. The van der Waals surface area contributed by atoms with Crippen LogP contribution in [0.3, 0.4) is 0 Å². The quantitative estimate of drug-likeness (QED) is 0.244. The van der Waals surface area contributed by atoms with Crippen LogP contribution in [-0.4, -0.2) is 98.3 Å². The highest BCUT2D eigenvalue weighted by Crippen LogP contribution is 2.34. The number of hydrogen-bond donors (Lipinski definition) is 1. The summed E-state index contributed by atoms with van der Waals surface area (Å²) in [6.07, 6.45) is 6.59. The Morgan fingerprint density at radius 1 is 0.700 bits per heavy atom. The van der Waals surface area contributed by atoms with E-state index in [0.29, 0.717) is 87.1 Å². The van der Waals surface area contributed by atoms with Crippen molar-refractivity contribution in [2.24, 2.45) is 0 Å². The maximum Gasteiger partial charge on any atom is 0.263 e. The van der Waals surface area contributed by atoms with Crippen LogP contribution < -0.4 is 9.80 Å². The number of likely N-dealkylation sites (tertiary alicyclic amines) is 1. The SMILES string of the molecule is O=C(c1ccc(-c2ccc(-c3ccccc3)cc2)s1)N1CCCC(O)(c2cn(-c3nc(N4CCCCC4)nc(N4CCOCC4)n3)nn2)CC1. The summed E-state index contributed by atoms with van der Waals surface area (Å²) in [4.78, 5) is 36.0. The molecule has 1 amide bonds. The van der Waals surface area contributed by atoms with E-state index in [1.165, 1.54) is 23.3 Å². The van der Waals surface area contributed by atoms with Crippen LogP contribution in [0.25, 0.3) is 27.5 Å². The van der Waals surface area contributed by atoms with Gasteiger partial charge in [-0.25, -0.2) is 0 Å². The minimum atomic E-state index is -1.23. The minimum Gasteiger partial charge on any atom is -0.383 e. The van der Waals surface area contributed by atoms with E-state index in [9.17, 15) is 9.90 Å². The molecule has 0 aliphatic carbocycles. The van der Waals surface area contributed by atoms with Crippen LogP contribution in [0.5, 0.6) is 0 Å². The number of carbonyl (C=O) groups is 1. The molecule has 6 heterocycles. The standard InChI is InChI=1S/C37H41N9O3S/c47-33(31-15-14-30(50-31)29-12-10-28(11-13-29)27-8-3-1-4-9-27)43-20-7-16-37(48,17-21-43)32-26-46(42-41-32)36-39-34(44-18-5-2-6-19-44)38-35(40-36)45-22-24-49-25-23-45/h1,3-4,8-15,26,48H,2,5-7,16-25H2. The Hall–Kier alpha value is -4.72. The number of aromatic nitrogens is 6. The van der Waals surface area contributed by atoms with Gasteiger partial charge in [-0.15, -0.1) is 16.4 Å². The van der Waals surface area contributed by atoms with Gasteiger partial charge in [-0.05, 0) is 67.3 Å². The second-order valence-corrected chi connectivity index (χ2v) is 14.3. The Kier molecular flexibility index (Phi) is 9.26. The lowest BCUT2D eigenvalue weighted by Gasteiger charge is -2.30. The zero-order valence-electron chi connectivity index (χ0n) is 28.0. The molecule has 2 aromatic carbocycles. The molecule has 1 unspecified atom stereocenters. The molecule has 1 atom stereocenters. The summed E-state index contributed by atoms with van der Waals surface area (Å²) in [6.45, 7) is 5.42. The van der Waals surface area contributed by atoms with Gasteiger partial charge in [0.25, 0.3) is 11.9 Å². The van der Waals surface area contributed by atoms with Gasteiger partial charge in [0.2, 0.25) is 11.9 Å². The van der Waals surface area contributed by atoms with Crippen molar-refractivity contribution in [2.75, 3.05) is 62.3 Å². The average Bonchev–Trinajstić information content (AvgIpc) is 3.85. The summed E-state index contributed by atoms with van der Waals surface area (Å²) in [6, 6.07) is 22.7. The zero-order chi connectivity index (χ0) is 33.9. The molecule has 3 aliphatic rings. The van der Waals surface area contributed by atoms with E-state index in [1.54, 1.807) is 10.9 Å². The van der Waals surface area contributed by atoms with E-state index in [0.717, 1.165) is 41.9 Å². The summed E-state index contributed by atoms with van der Waals surface area (Å²) in [5.74, 6) is 1.59. The summed E-state index contributed by atoms with van der Waals surface area (Å²) in [7, 11) is 0. The lowest BCUT2D eigenvalue weighted by Crippen LogP contribution is -2.38. The van der Waals surface area contributed by atoms with Gasteiger partial charge in [0.05, 0.1) is 24.3 Å². The number of ether oxygens (including phenoxy) is 1. The number of piperidine rings is 1. The molecule has 12 nitrogen and oxygen atoms in total. The number of aliphatic hydroxyl groups is 1. The van der Waals surface area contributed by atoms with Crippen molar-refractivity contribution in [3.63, 3.8) is 0 Å². The largest absolute Gasteiger partial charge is 0.383 e. The number of amides is 1. The highest BCUT2D eigenvalue weighted by molar-refractivity contribution is 7.17. The van der Waals surface area contributed by atoms with Crippen molar-refractivity contribution in [3.05, 3.63) is 83.5 Å². The number of morpholine rings is 1. The second kappa shape index (κ2) is 14.3. The van der Waals surface area contributed by atoms with Crippen LogP contribution in [0.4, 0.5) is 11.9 Å². The number of carbonyl (C=O) groups excluding carboxylic acids is 1. The molecule has 258 valence electrons. The maximum absolute atomic E-state index is 13.7. The third-order valence-electron chi connectivity index (χ3n) is 9.90. The first-order valence-corrected chi connectivity index (χ1v) is 18.4. The normalized spacial score (nSPS) is 20.1. The number of thiophene rings is 1. The van der Waals surface area contributed by atoms with Gasteiger partial charge in [0, 0.05) is 44.1 Å². The van der Waals surface area contributed by atoms with Gasteiger partial charge in [-0.1, -0.05) is 59.8 Å². The monoisotopic (exact) mass is 691 g/mol.